The maximum atomic E-state index is 12.0. The van der Waals surface area contributed by atoms with Crippen LogP contribution in [0, 0.1) is 0 Å². The zero-order valence-electron chi connectivity index (χ0n) is 11.0. The number of hydrogen-bond acceptors (Lipinski definition) is 3. The minimum atomic E-state index is -3.13. The van der Waals surface area contributed by atoms with E-state index < -0.39 is 10.0 Å². The van der Waals surface area contributed by atoms with Gasteiger partial charge < -0.3 is 5.73 Å². The van der Waals surface area contributed by atoms with Crippen molar-refractivity contribution in [3.63, 3.8) is 0 Å². The molecule has 1 fully saturated rings. The predicted octanol–water partition coefficient (Wildman–Crippen LogP) is 1.57. The van der Waals surface area contributed by atoms with Crippen molar-refractivity contribution < 1.29 is 8.42 Å². The number of sulfonamides is 1. The van der Waals surface area contributed by atoms with Crippen molar-refractivity contribution in [2.24, 2.45) is 5.73 Å². The van der Waals surface area contributed by atoms with Gasteiger partial charge in [0.05, 0.1) is 5.75 Å². The Hall–Kier alpha value is -0.620. The molecule has 0 saturated carbocycles. The Bertz CT molecular complexity index is 493. The van der Waals surface area contributed by atoms with Crippen molar-refractivity contribution in [1.29, 1.82) is 0 Å². The van der Waals surface area contributed by atoms with Gasteiger partial charge in [-0.1, -0.05) is 37.3 Å². The second-order valence-electron chi connectivity index (χ2n) is 4.81. The van der Waals surface area contributed by atoms with Crippen LogP contribution in [-0.4, -0.2) is 37.6 Å². The van der Waals surface area contributed by atoms with E-state index >= 15 is 0 Å². The summed E-state index contributed by atoms with van der Waals surface area (Å²) in [6.45, 7) is 2.82. The van der Waals surface area contributed by atoms with E-state index in [0.29, 0.717) is 19.5 Å². The molecule has 1 aromatic rings. The molecule has 19 heavy (non-hydrogen) atoms. The summed E-state index contributed by atoms with van der Waals surface area (Å²) in [5.41, 5.74) is 7.21. The number of hydrogen-bond donors (Lipinski definition) is 1. The maximum absolute atomic E-state index is 12.0. The number of rotatable bonds is 4. The van der Waals surface area contributed by atoms with E-state index in [1.807, 2.05) is 37.3 Å². The molecule has 0 unspecified atom stereocenters. The standard InChI is InChI=1S/C13H20N2O2S.ClH/c1-2-8-18(16,17)15-9-12(13(14)10-15)11-6-4-3-5-7-11;/h3-7,12-13H,2,8-10,14H2,1H3;1H/t12-,13+;/m0./s1. The molecule has 1 saturated heterocycles. The monoisotopic (exact) mass is 304 g/mol. The average molecular weight is 305 g/mol. The molecular formula is C13H21ClN2O2S. The van der Waals surface area contributed by atoms with E-state index in [-0.39, 0.29) is 30.1 Å². The van der Waals surface area contributed by atoms with Crippen molar-refractivity contribution in [2.45, 2.75) is 25.3 Å². The van der Waals surface area contributed by atoms with Gasteiger partial charge in [-0.2, -0.15) is 4.31 Å². The highest BCUT2D eigenvalue weighted by atomic mass is 35.5. The minimum Gasteiger partial charge on any atom is -0.326 e. The summed E-state index contributed by atoms with van der Waals surface area (Å²) in [6, 6.07) is 9.80. The van der Waals surface area contributed by atoms with Gasteiger partial charge in [-0.3, -0.25) is 0 Å². The third-order valence-corrected chi connectivity index (χ3v) is 5.42. The zero-order valence-corrected chi connectivity index (χ0v) is 12.7. The summed E-state index contributed by atoms with van der Waals surface area (Å²) in [7, 11) is -3.13. The molecule has 1 aliphatic rings. The SMILES string of the molecule is CCCS(=O)(=O)N1C[C@@H](N)[C@H](c2ccccc2)C1.Cl. The normalized spacial score (nSPS) is 24.1. The van der Waals surface area contributed by atoms with E-state index in [1.165, 1.54) is 0 Å². The number of nitrogens with two attached hydrogens (primary N) is 1. The van der Waals surface area contributed by atoms with Crippen LogP contribution in [0.25, 0.3) is 0 Å². The quantitative estimate of drug-likeness (QED) is 0.918. The molecule has 1 aliphatic heterocycles. The smallest absolute Gasteiger partial charge is 0.214 e. The van der Waals surface area contributed by atoms with E-state index in [0.717, 1.165) is 5.56 Å². The Balaban J connectivity index is 0.00000180. The molecule has 1 heterocycles. The van der Waals surface area contributed by atoms with Gasteiger partial charge in [0.1, 0.15) is 0 Å². The molecule has 0 aliphatic carbocycles. The summed E-state index contributed by atoms with van der Waals surface area (Å²) in [5, 5.41) is 0. The topological polar surface area (TPSA) is 63.4 Å². The first-order valence-electron chi connectivity index (χ1n) is 6.33. The molecule has 0 amide bonds. The van der Waals surface area contributed by atoms with Crippen LogP contribution in [0.5, 0.6) is 0 Å². The van der Waals surface area contributed by atoms with E-state index in [1.54, 1.807) is 4.31 Å². The van der Waals surface area contributed by atoms with Crippen LogP contribution in [0.15, 0.2) is 30.3 Å². The fourth-order valence-electron chi connectivity index (χ4n) is 2.46. The molecule has 0 bridgehead atoms. The minimum absolute atomic E-state index is 0. The summed E-state index contributed by atoms with van der Waals surface area (Å²) < 4.78 is 25.6. The lowest BCUT2D eigenvalue weighted by Gasteiger charge is -2.16. The summed E-state index contributed by atoms with van der Waals surface area (Å²) >= 11 is 0. The molecule has 0 spiro atoms. The highest BCUT2D eigenvalue weighted by molar-refractivity contribution is 7.89. The lowest BCUT2D eigenvalue weighted by Crippen LogP contribution is -2.33. The van der Waals surface area contributed by atoms with Crippen molar-refractivity contribution in [3.8, 4) is 0 Å². The third-order valence-electron chi connectivity index (χ3n) is 3.41. The Labute approximate surface area is 121 Å². The van der Waals surface area contributed by atoms with Gasteiger partial charge in [-0.25, -0.2) is 8.42 Å². The molecule has 0 radical (unpaired) electrons. The fraction of sp³-hybridized carbons (Fsp3) is 0.538. The Morgan fingerprint density at radius 3 is 2.47 bits per heavy atom. The van der Waals surface area contributed by atoms with Crippen LogP contribution < -0.4 is 5.73 Å². The second-order valence-corrected chi connectivity index (χ2v) is 6.90. The van der Waals surface area contributed by atoms with Crippen molar-refractivity contribution >= 4 is 22.4 Å². The zero-order chi connectivity index (χ0) is 13.2. The molecular weight excluding hydrogens is 284 g/mol. The maximum Gasteiger partial charge on any atom is 0.214 e. The van der Waals surface area contributed by atoms with Crippen LogP contribution in [0.1, 0.15) is 24.8 Å². The van der Waals surface area contributed by atoms with Gasteiger partial charge in [0.15, 0.2) is 0 Å². The lowest BCUT2D eigenvalue weighted by atomic mass is 9.95. The van der Waals surface area contributed by atoms with Gasteiger partial charge in [-0.15, -0.1) is 12.4 Å². The Kier molecular flexibility index (Phi) is 5.80. The molecule has 0 aromatic heterocycles. The Morgan fingerprint density at radius 2 is 1.89 bits per heavy atom. The predicted molar refractivity (Wildman–Crippen MR) is 80.1 cm³/mol. The molecule has 1 aromatic carbocycles. The van der Waals surface area contributed by atoms with Crippen LogP contribution in [0.3, 0.4) is 0 Å². The summed E-state index contributed by atoms with van der Waals surface area (Å²) in [4.78, 5) is 0. The van der Waals surface area contributed by atoms with Gasteiger partial charge in [0.2, 0.25) is 10.0 Å². The number of benzene rings is 1. The molecule has 2 N–H and O–H groups in total. The largest absolute Gasteiger partial charge is 0.326 e. The van der Waals surface area contributed by atoms with E-state index in [2.05, 4.69) is 0 Å². The van der Waals surface area contributed by atoms with Crippen LogP contribution in [0.4, 0.5) is 0 Å². The summed E-state index contributed by atoms with van der Waals surface area (Å²) in [6.07, 6.45) is 0.643. The fourth-order valence-corrected chi connectivity index (χ4v) is 4.02. The average Bonchev–Trinajstić information content (AvgIpc) is 2.73. The molecule has 108 valence electrons. The summed E-state index contributed by atoms with van der Waals surface area (Å²) in [5.74, 6) is 0.319. The van der Waals surface area contributed by atoms with E-state index in [9.17, 15) is 8.42 Å². The van der Waals surface area contributed by atoms with E-state index in [4.69, 9.17) is 5.73 Å². The third kappa shape index (κ3) is 3.69. The van der Waals surface area contributed by atoms with Gasteiger partial charge in [0, 0.05) is 25.0 Å². The van der Waals surface area contributed by atoms with Gasteiger partial charge >= 0.3 is 0 Å². The molecule has 2 atom stereocenters. The van der Waals surface area contributed by atoms with Crippen LogP contribution in [0.2, 0.25) is 0 Å². The molecule has 4 nitrogen and oxygen atoms in total. The number of halogens is 1. The van der Waals surface area contributed by atoms with Gasteiger partial charge in [0.25, 0.3) is 0 Å². The van der Waals surface area contributed by atoms with Crippen LogP contribution in [-0.2, 0) is 10.0 Å². The van der Waals surface area contributed by atoms with Crippen molar-refractivity contribution in [1.82, 2.24) is 4.31 Å². The highest BCUT2D eigenvalue weighted by Gasteiger charge is 2.36. The molecule has 6 heteroatoms. The van der Waals surface area contributed by atoms with Gasteiger partial charge in [-0.05, 0) is 12.0 Å². The first kappa shape index (κ1) is 16.4. The Morgan fingerprint density at radius 1 is 1.26 bits per heavy atom. The van der Waals surface area contributed by atoms with Crippen LogP contribution >= 0.6 is 12.4 Å². The second kappa shape index (κ2) is 6.70. The lowest BCUT2D eigenvalue weighted by molar-refractivity contribution is 0.469. The van der Waals surface area contributed by atoms with Crippen molar-refractivity contribution in [3.05, 3.63) is 35.9 Å². The highest BCUT2D eigenvalue weighted by Crippen LogP contribution is 2.28. The number of nitrogens with zero attached hydrogens (tertiary/aromatic N) is 1. The van der Waals surface area contributed by atoms with Crippen molar-refractivity contribution in [2.75, 3.05) is 18.8 Å². The first-order valence-corrected chi connectivity index (χ1v) is 7.94. The molecule has 2 rings (SSSR count). The first-order chi connectivity index (χ1) is 8.54.